The predicted octanol–water partition coefficient (Wildman–Crippen LogP) is 2.24. The zero-order valence-electron chi connectivity index (χ0n) is 11.2. The van der Waals surface area contributed by atoms with Gasteiger partial charge in [0, 0.05) is 32.2 Å². The molecule has 3 rings (SSSR count). The SMILES string of the molecule is c1ccn2cc(CNCCCOCC3CC3)nc2c1. The molecule has 1 fully saturated rings. The van der Waals surface area contributed by atoms with Gasteiger partial charge in [-0.1, -0.05) is 6.07 Å². The van der Waals surface area contributed by atoms with E-state index in [9.17, 15) is 0 Å². The second kappa shape index (κ2) is 6.17. The highest BCUT2D eigenvalue weighted by Gasteiger charge is 2.20. The number of pyridine rings is 1. The van der Waals surface area contributed by atoms with Crippen LogP contribution in [0.1, 0.15) is 25.0 Å². The summed E-state index contributed by atoms with van der Waals surface area (Å²) >= 11 is 0. The van der Waals surface area contributed by atoms with Crippen molar-refractivity contribution in [3.8, 4) is 0 Å². The summed E-state index contributed by atoms with van der Waals surface area (Å²) in [6.07, 6.45) is 7.90. The van der Waals surface area contributed by atoms with E-state index in [0.717, 1.165) is 50.0 Å². The Kier molecular flexibility index (Phi) is 4.10. The van der Waals surface area contributed by atoms with E-state index >= 15 is 0 Å². The van der Waals surface area contributed by atoms with Gasteiger partial charge in [-0.15, -0.1) is 0 Å². The number of ether oxygens (including phenoxy) is 1. The summed E-state index contributed by atoms with van der Waals surface area (Å²) < 4.78 is 7.65. The molecule has 0 atom stereocenters. The third-order valence-corrected chi connectivity index (χ3v) is 3.41. The van der Waals surface area contributed by atoms with Crippen LogP contribution in [0, 0.1) is 5.92 Å². The van der Waals surface area contributed by atoms with Crippen LogP contribution < -0.4 is 5.32 Å². The fourth-order valence-corrected chi connectivity index (χ4v) is 2.12. The molecule has 0 amide bonds. The van der Waals surface area contributed by atoms with E-state index in [0.29, 0.717) is 0 Å². The Morgan fingerprint density at radius 1 is 1.37 bits per heavy atom. The van der Waals surface area contributed by atoms with Crippen LogP contribution in [0.25, 0.3) is 5.65 Å². The van der Waals surface area contributed by atoms with Gasteiger partial charge in [-0.3, -0.25) is 0 Å². The smallest absolute Gasteiger partial charge is 0.137 e. The number of rotatable bonds is 8. The lowest BCUT2D eigenvalue weighted by Gasteiger charge is -2.04. The van der Waals surface area contributed by atoms with Gasteiger partial charge in [0.1, 0.15) is 5.65 Å². The first-order valence-corrected chi connectivity index (χ1v) is 7.13. The molecule has 0 saturated heterocycles. The Balaban J connectivity index is 1.32. The van der Waals surface area contributed by atoms with Gasteiger partial charge in [0.25, 0.3) is 0 Å². The van der Waals surface area contributed by atoms with Crippen LogP contribution in [0.5, 0.6) is 0 Å². The molecule has 2 aromatic heterocycles. The lowest BCUT2D eigenvalue weighted by atomic mass is 10.4. The molecule has 102 valence electrons. The fraction of sp³-hybridized carbons (Fsp3) is 0.533. The fourth-order valence-electron chi connectivity index (χ4n) is 2.12. The van der Waals surface area contributed by atoms with Crippen molar-refractivity contribution in [3.63, 3.8) is 0 Å². The summed E-state index contributed by atoms with van der Waals surface area (Å²) in [6, 6.07) is 6.05. The van der Waals surface area contributed by atoms with Gasteiger partial charge in [0.05, 0.1) is 5.69 Å². The average molecular weight is 259 g/mol. The molecular formula is C15H21N3O. The molecule has 1 saturated carbocycles. The summed E-state index contributed by atoms with van der Waals surface area (Å²) in [6.45, 7) is 3.64. The van der Waals surface area contributed by atoms with Crippen molar-refractivity contribution in [3.05, 3.63) is 36.3 Å². The molecule has 2 aromatic rings. The first-order valence-electron chi connectivity index (χ1n) is 7.13. The molecule has 1 N–H and O–H groups in total. The van der Waals surface area contributed by atoms with Crippen LogP contribution in [0.4, 0.5) is 0 Å². The van der Waals surface area contributed by atoms with E-state index < -0.39 is 0 Å². The molecular weight excluding hydrogens is 238 g/mol. The highest BCUT2D eigenvalue weighted by atomic mass is 16.5. The minimum absolute atomic E-state index is 0.824. The molecule has 1 aliphatic rings. The second-order valence-electron chi connectivity index (χ2n) is 5.25. The molecule has 4 nitrogen and oxygen atoms in total. The molecule has 2 heterocycles. The van der Waals surface area contributed by atoms with Crippen LogP contribution in [0.3, 0.4) is 0 Å². The standard InChI is InChI=1S/C15H21N3O/c1-2-8-18-11-14(17-15(18)4-1)10-16-7-3-9-19-12-13-5-6-13/h1-2,4,8,11,13,16H,3,5-7,9-10,12H2. The Morgan fingerprint density at radius 3 is 3.16 bits per heavy atom. The monoisotopic (exact) mass is 259 g/mol. The number of fused-ring (bicyclic) bond motifs is 1. The van der Waals surface area contributed by atoms with Crippen LogP contribution >= 0.6 is 0 Å². The van der Waals surface area contributed by atoms with Crippen molar-refractivity contribution in [1.82, 2.24) is 14.7 Å². The van der Waals surface area contributed by atoms with Crippen LogP contribution in [0.2, 0.25) is 0 Å². The van der Waals surface area contributed by atoms with Crippen molar-refractivity contribution in [2.75, 3.05) is 19.8 Å². The molecule has 1 aliphatic carbocycles. The summed E-state index contributed by atoms with van der Waals surface area (Å²) in [7, 11) is 0. The zero-order chi connectivity index (χ0) is 12.9. The molecule has 4 heteroatoms. The molecule has 0 radical (unpaired) electrons. The first kappa shape index (κ1) is 12.6. The summed E-state index contributed by atoms with van der Waals surface area (Å²) in [4.78, 5) is 4.55. The second-order valence-corrected chi connectivity index (χ2v) is 5.25. The number of nitrogens with zero attached hydrogens (tertiary/aromatic N) is 2. The van der Waals surface area contributed by atoms with Crippen molar-refractivity contribution in [1.29, 1.82) is 0 Å². The normalized spacial score (nSPS) is 15.2. The Labute approximate surface area is 113 Å². The van der Waals surface area contributed by atoms with Crippen molar-refractivity contribution in [2.45, 2.75) is 25.8 Å². The molecule has 0 unspecified atom stereocenters. The van der Waals surface area contributed by atoms with E-state index in [2.05, 4.69) is 20.9 Å². The zero-order valence-corrected chi connectivity index (χ0v) is 11.2. The summed E-state index contributed by atoms with van der Waals surface area (Å²) in [5.74, 6) is 0.867. The van der Waals surface area contributed by atoms with Gasteiger partial charge >= 0.3 is 0 Å². The number of hydrogen-bond donors (Lipinski definition) is 1. The van der Waals surface area contributed by atoms with Crippen LogP contribution in [-0.4, -0.2) is 29.1 Å². The van der Waals surface area contributed by atoms with E-state index in [1.165, 1.54) is 12.8 Å². The van der Waals surface area contributed by atoms with E-state index in [1.807, 2.05) is 24.4 Å². The highest BCUT2D eigenvalue weighted by molar-refractivity contribution is 5.39. The maximum Gasteiger partial charge on any atom is 0.137 e. The van der Waals surface area contributed by atoms with E-state index in [4.69, 9.17) is 4.74 Å². The van der Waals surface area contributed by atoms with Crippen molar-refractivity contribution >= 4 is 5.65 Å². The summed E-state index contributed by atoms with van der Waals surface area (Å²) in [5.41, 5.74) is 2.09. The Bertz CT molecular complexity index is 486. The largest absolute Gasteiger partial charge is 0.381 e. The van der Waals surface area contributed by atoms with Gasteiger partial charge in [0.2, 0.25) is 0 Å². The van der Waals surface area contributed by atoms with Gasteiger partial charge < -0.3 is 14.5 Å². The molecule has 0 aromatic carbocycles. The number of hydrogen-bond acceptors (Lipinski definition) is 3. The van der Waals surface area contributed by atoms with Gasteiger partial charge in [0.15, 0.2) is 0 Å². The van der Waals surface area contributed by atoms with Gasteiger partial charge in [-0.25, -0.2) is 4.98 Å². The molecule has 0 aliphatic heterocycles. The molecule has 19 heavy (non-hydrogen) atoms. The molecule has 0 bridgehead atoms. The molecule has 0 spiro atoms. The topological polar surface area (TPSA) is 38.6 Å². The van der Waals surface area contributed by atoms with Crippen molar-refractivity contribution in [2.24, 2.45) is 5.92 Å². The third-order valence-electron chi connectivity index (χ3n) is 3.41. The number of aromatic nitrogens is 2. The lowest BCUT2D eigenvalue weighted by molar-refractivity contribution is 0.122. The highest BCUT2D eigenvalue weighted by Crippen LogP contribution is 2.28. The van der Waals surface area contributed by atoms with E-state index in [1.54, 1.807) is 0 Å². The predicted molar refractivity (Wildman–Crippen MR) is 75.1 cm³/mol. The van der Waals surface area contributed by atoms with Crippen molar-refractivity contribution < 1.29 is 4.74 Å². The third kappa shape index (κ3) is 3.78. The van der Waals surface area contributed by atoms with E-state index in [-0.39, 0.29) is 0 Å². The maximum absolute atomic E-state index is 5.60. The maximum atomic E-state index is 5.60. The minimum Gasteiger partial charge on any atom is -0.381 e. The van der Waals surface area contributed by atoms with Crippen LogP contribution in [0.15, 0.2) is 30.6 Å². The van der Waals surface area contributed by atoms with Crippen LogP contribution in [-0.2, 0) is 11.3 Å². The van der Waals surface area contributed by atoms with Gasteiger partial charge in [-0.05, 0) is 43.9 Å². The lowest BCUT2D eigenvalue weighted by Crippen LogP contribution is -2.16. The average Bonchev–Trinajstić information content (AvgIpc) is 3.15. The number of nitrogens with one attached hydrogen (secondary N) is 1. The van der Waals surface area contributed by atoms with Gasteiger partial charge in [-0.2, -0.15) is 0 Å². The Hall–Kier alpha value is -1.39. The Morgan fingerprint density at radius 2 is 2.32 bits per heavy atom. The summed E-state index contributed by atoms with van der Waals surface area (Å²) in [5, 5.41) is 3.41. The quantitative estimate of drug-likeness (QED) is 0.739. The first-order chi connectivity index (χ1) is 9.42. The minimum atomic E-state index is 0.824. The number of imidazole rings is 1.